The van der Waals surface area contributed by atoms with Gasteiger partial charge in [0, 0.05) is 36.1 Å². The highest BCUT2D eigenvalue weighted by Crippen LogP contribution is 2.44. The maximum atomic E-state index is 12.2. The fourth-order valence-corrected chi connectivity index (χ4v) is 3.99. The second-order valence-corrected chi connectivity index (χ2v) is 7.53. The van der Waals surface area contributed by atoms with E-state index in [2.05, 4.69) is 41.4 Å². The topological polar surface area (TPSA) is 84.9 Å². The van der Waals surface area contributed by atoms with Crippen LogP contribution in [0.15, 0.2) is 60.7 Å². The van der Waals surface area contributed by atoms with Crippen molar-refractivity contribution in [1.29, 1.82) is 0 Å². The minimum absolute atomic E-state index is 0.00690. The monoisotopic (exact) mass is 441 g/mol. The molecule has 0 spiro atoms. The van der Waals surface area contributed by atoms with Crippen LogP contribution in [0.3, 0.4) is 0 Å². The summed E-state index contributed by atoms with van der Waals surface area (Å²) in [6.45, 7) is 0.543. The van der Waals surface area contributed by atoms with Gasteiger partial charge in [0.1, 0.15) is 6.61 Å². The zero-order valence-electron chi connectivity index (χ0n) is 18.1. The van der Waals surface area contributed by atoms with Gasteiger partial charge in [-0.25, -0.2) is 4.79 Å². The van der Waals surface area contributed by atoms with Crippen molar-refractivity contribution in [3.8, 4) is 34.5 Å². The first-order chi connectivity index (χ1) is 16.1. The van der Waals surface area contributed by atoms with Crippen molar-refractivity contribution >= 4 is 12.4 Å². The lowest BCUT2D eigenvalue weighted by Crippen LogP contribution is -2.26. The first kappa shape index (κ1) is 22.0. The molecule has 0 saturated carbocycles. The third kappa shape index (κ3) is 4.68. The Morgan fingerprint density at radius 2 is 1.76 bits per heavy atom. The maximum absolute atomic E-state index is 12.2. The summed E-state index contributed by atoms with van der Waals surface area (Å²) in [4.78, 5) is 23.4. The van der Waals surface area contributed by atoms with Gasteiger partial charge in [0.15, 0.2) is 17.8 Å². The van der Waals surface area contributed by atoms with E-state index in [1.54, 1.807) is 0 Å². The number of phenolic OH excluding ortho intramolecular Hbond substituents is 1. The fourth-order valence-electron chi connectivity index (χ4n) is 3.99. The molecule has 4 rings (SSSR count). The highest BCUT2D eigenvalue weighted by Gasteiger charge is 2.28. The number of hydrogen-bond donors (Lipinski definition) is 2. The molecular formula is C27H23NO5. The quantitative estimate of drug-likeness (QED) is 0.334. The molecule has 1 aliphatic rings. The smallest absolute Gasteiger partial charge is 0.407 e. The molecule has 3 aromatic carbocycles. The second kappa shape index (κ2) is 9.92. The Labute approximate surface area is 192 Å². The Bertz CT molecular complexity index is 1210. The van der Waals surface area contributed by atoms with E-state index in [9.17, 15) is 14.7 Å². The Kier molecular flexibility index (Phi) is 6.61. The zero-order valence-corrected chi connectivity index (χ0v) is 18.1. The molecule has 0 aromatic heterocycles. The van der Waals surface area contributed by atoms with E-state index in [1.165, 1.54) is 30.4 Å². The molecule has 0 bridgehead atoms. The number of carbonyl (C=O) groups is 2. The Hall–Kier alpha value is -4.24. The standard InChI is InChI=1S/C27H23NO5/c1-32-26-15-19(16-29)18(14-25(26)30)8-6-7-13-28-27(31)33-17-24-22-11-4-2-9-20(22)21-10-3-5-12-23(21)24/h2-5,9-12,14-16,24,30H,7,13,17H2,1H3,(H,28,31). The van der Waals surface area contributed by atoms with E-state index in [-0.39, 0.29) is 24.0 Å². The summed E-state index contributed by atoms with van der Waals surface area (Å²) in [5, 5.41) is 12.6. The van der Waals surface area contributed by atoms with Crippen LogP contribution in [0.2, 0.25) is 0 Å². The van der Waals surface area contributed by atoms with Gasteiger partial charge in [-0.1, -0.05) is 60.4 Å². The molecule has 0 atom stereocenters. The number of aldehydes is 1. The third-order valence-corrected chi connectivity index (χ3v) is 5.56. The summed E-state index contributed by atoms with van der Waals surface area (Å²) in [5.74, 6) is 5.85. The van der Waals surface area contributed by atoms with Gasteiger partial charge in [-0.2, -0.15) is 0 Å². The molecule has 2 N–H and O–H groups in total. The van der Waals surface area contributed by atoms with E-state index in [1.807, 2.05) is 24.3 Å². The number of rotatable bonds is 6. The van der Waals surface area contributed by atoms with E-state index in [0.29, 0.717) is 30.4 Å². The highest BCUT2D eigenvalue weighted by molar-refractivity contribution is 5.81. The number of ether oxygens (including phenoxy) is 2. The lowest BCUT2D eigenvalue weighted by Gasteiger charge is -2.14. The summed E-state index contributed by atoms with van der Waals surface area (Å²) >= 11 is 0. The largest absolute Gasteiger partial charge is 0.504 e. The molecule has 1 aliphatic carbocycles. The minimum atomic E-state index is -0.505. The van der Waals surface area contributed by atoms with Crippen molar-refractivity contribution < 1.29 is 24.2 Å². The first-order valence-electron chi connectivity index (χ1n) is 10.6. The SMILES string of the molecule is COc1cc(C=O)c(C#CCCNC(=O)OCC2c3ccccc3-c3ccccc32)cc1O. The molecule has 6 heteroatoms. The number of methoxy groups -OCH3 is 1. The van der Waals surface area contributed by atoms with Crippen molar-refractivity contribution in [2.45, 2.75) is 12.3 Å². The normalized spacial score (nSPS) is 11.5. The molecule has 0 heterocycles. The van der Waals surface area contributed by atoms with Crippen LogP contribution in [0, 0.1) is 11.8 Å². The molecule has 1 amide bonds. The van der Waals surface area contributed by atoms with Crippen LogP contribution in [0.5, 0.6) is 11.5 Å². The fraction of sp³-hybridized carbons (Fsp3) is 0.185. The predicted octanol–water partition coefficient (Wildman–Crippen LogP) is 4.49. The van der Waals surface area contributed by atoms with E-state index in [4.69, 9.17) is 9.47 Å². The molecule has 166 valence electrons. The molecule has 0 aliphatic heterocycles. The van der Waals surface area contributed by atoms with Crippen molar-refractivity contribution in [1.82, 2.24) is 5.32 Å². The lowest BCUT2D eigenvalue weighted by atomic mass is 9.98. The molecule has 6 nitrogen and oxygen atoms in total. The van der Waals surface area contributed by atoms with Crippen molar-refractivity contribution in [3.05, 3.63) is 82.9 Å². The van der Waals surface area contributed by atoms with E-state index >= 15 is 0 Å². The summed E-state index contributed by atoms with van der Waals surface area (Å²) in [7, 11) is 1.41. The Morgan fingerprint density at radius 1 is 1.09 bits per heavy atom. The van der Waals surface area contributed by atoms with Crippen LogP contribution < -0.4 is 10.1 Å². The number of alkyl carbamates (subject to hydrolysis) is 1. The van der Waals surface area contributed by atoms with Gasteiger partial charge in [0.2, 0.25) is 0 Å². The average Bonchev–Trinajstić information content (AvgIpc) is 3.16. The number of fused-ring (bicyclic) bond motifs is 3. The summed E-state index contributed by atoms with van der Waals surface area (Å²) in [5.41, 5.74) is 5.39. The number of nitrogens with one attached hydrogen (secondary N) is 1. The Morgan fingerprint density at radius 3 is 2.39 bits per heavy atom. The summed E-state index contributed by atoms with van der Waals surface area (Å²) < 4.78 is 10.5. The number of amides is 1. The van der Waals surface area contributed by atoms with Gasteiger partial charge >= 0.3 is 6.09 Å². The van der Waals surface area contributed by atoms with Crippen molar-refractivity contribution in [2.75, 3.05) is 20.3 Å². The van der Waals surface area contributed by atoms with Gasteiger partial charge in [-0.05, 0) is 28.3 Å². The molecular weight excluding hydrogens is 418 g/mol. The third-order valence-electron chi connectivity index (χ3n) is 5.56. The summed E-state index contributed by atoms with van der Waals surface area (Å²) in [6, 6.07) is 19.1. The van der Waals surface area contributed by atoms with Crippen LogP contribution in [0.25, 0.3) is 11.1 Å². The average molecular weight is 441 g/mol. The number of aromatic hydroxyl groups is 1. The maximum Gasteiger partial charge on any atom is 0.407 e. The van der Waals surface area contributed by atoms with E-state index in [0.717, 1.165) is 11.1 Å². The highest BCUT2D eigenvalue weighted by atomic mass is 16.5. The van der Waals surface area contributed by atoms with Crippen LogP contribution in [-0.2, 0) is 4.74 Å². The molecule has 0 saturated heterocycles. The molecule has 0 radical (unpaired) electrons. The Balaban J connectivity index is 1.31. The lowest BCUT2D eigenvalue weighted by molar-refractivity contribution is 0.112. The zero-order chi connectivity index (χ0) is 23.2. The van der Waals surface area contributed by atoms with Gasteiger partial charge in [0.05, 0.1) is 7.11 Å². The van der Waals surface area contributed by atoms with E-state index < -0.39 is 6.09 Å². The van der Waals surface area contributed by atoms with Gasteiger partial charge in [0.25, 0.3) is 0 Å². The number of benzene rings is 3. The molecule has 0 unspecified atom stereocenters. The van der Waals surface area contributed by atoms with Crippen LogP contribution in [0.4, 0.5) is 4.79 Å². The predicted molar refractivity (Wildman–Crippen MR) is 125 cm³/mol. The molecule has 0 fully saturated rings. The van der Waals surface area contributed by atoms with Gasteiger partial charge in [-0.15, -0.1) is 0 Å². The number of carbonyl (C=O) groups excluding carboxylic acids is 2. The number of hydrogen-bond acceptors (Lipinski definition) is 5. The van der Waals surface area contributed by atoms with Gasteiger partial charge in [-0.3, -0.25) is 4.79 Å². The van der Waals surface area contributed by atoms with Crippen LogP contribution in [-0.4, -0.2) is 37.7 Å². The van der Waals surface area contributed by atoms with Crippen molar-refractivity contribution in [3.63, 3.8) is 0 Å². The van der Waals surface area contributed by atoms with Crippen LogP contribution in [0.1, 0.15) is 39.4 Å². The minimum Gasteiger partial charge on any atom is -0.504 e. The van der Waals surface area contributed by atoms with Crippen molar-refractivity contribution in [2.24, 2.45) is 0 Å². The first-order valence-corrected chi connectivity index (χ1v) is 10.6. The molecule has 33 heavy (non-hydrogen) atoms. The van der Waals surface area contributed by atoms with Gasteiger partial charge < -0.3 is 19.9 Å². The second-order valence-electron chi connectivity index (χ2n) is 7.53. The van der Waals surface area contributed by atoms with Crippen LogP contribution >= 0.6 is 0 Å². The summed E-state index contributed by atoms with van der Waals surface area (Å²) in [6.07, 6.45) is 0.505. The molecule has 3 aromatic rings. The number of phenols is 1.